The van der Waals surface area contributed by atoms with Gasteiger partial charge in [0.1, 0.15) is 5.60 Å². The predicted molar refractivity (Wildman–Crippen MR) is 118 cm³/mol. The van der Waals surface area contributed by atoms with E-state index in [2.05, 4.69) is 16.9 Å². The molecule has 0 atom stereocenters. The van der Waals surface area contributed by atoms with Crippen LogP contribution in [0.2, 0.25) is 0 Å². The van der Waals surface area contributed by atoms with Crippen LogP contribution in [0.4, 0.5) is 4.79 Å². The predicted octanol–water partition coefficient (Wildman–Crippen LogP) is 3.65. The van der Waals surface area contributed by atoms with Gasteiger partial charge in [-0.3, -0.25) is 0 Å². The third-order valence-electron chi connectivity index (χ3n) is 3.15. The van der Waals surface area contributed by atoms with E-state index in [1.807, 2.05) is 52.0 Å². The lowest BCUT2D eigenvalue weighted by atomic mass is 10.1. The van der Waals surface area contributed by atoms with Crippen LogP contribution in [0.15, 0.2) is 41.4 Å². The SMILES string of the molecule is C=C(C)CNC(N)=NCc1ccc(CN(C)C(=O)OC(C)(C)C)cc1.I. The largest absolute Gasteiger partial charge is 0.444 e. The molecule has 6 nitrogen and oxygen atoms in total. The summed E-state index contributed by atoms with van der Waals surface area (Å²) in [5.74, 6) is 0.400. The van der Waals surface area contributed by atoms with Crippen molar-refractivity contribution in [2.45, 2.75) is 46.4 Å². The Bertz CT molecular complexity index is 621. The summed E-state index contributed by atoms with van der Waals surface area (Å²) in [6.07, 6.45) is -0.336. The van der Waals surface area contributed by atoms with Crippen molar-refractivity contribution in [1.82, 2.24) is 10.2 Å². The molecular weight excluding hydrogens is 443 g/mol. The van der Waals surface area contributed by atoms with E-state index in [4.69, 9.17) is 10.5 Å². The van der Waals surface area contributed by atoms with Gasteiger partial charge in [0.2, 0.25) is 0 Å². The maximum Gasteiger partial charge on any atom is 0.410 e. The average molecular weight is 474 g/mol. The van der Waals surface area contributed by atoms with E-state index < -0.39 is 5.60 Å². The number of nitrogens with two attached hydrogens (primary N) is 1. The van der Waals surface area contributed by atoms with Crippen molar-refractivity contribution in [3.05, 3.63) is 47.5 Å². The molecule has 0 saturated heterocycles. The molecule has 1 amide bonds. The highest BCUT2D eigenvalue weighted by molar-refractivity contribution is 14.0. The summed E-state index contributed by atoms with van der Waals surface area (Å²) in [7, 11) is 1.72. The minimum Gasteiger partial charge on any atom is -0.444 e. The fraction of sp³-hybridized carbons (Fsp3) is 0.474. The molecule has 146 valence electrons. The molecule has 26 heavy (non-hydrogen) atoms. The number of benzene rings is 1. The Morgan fingerprint density at radius 3 is 2.31 bits per heavy atom. The molecule has 0 radical (unpaired) electrons. The van der Waals surface area contributed by atoms with Crippen LogP contribution in [0.5, 0.6) is 0 Å². The van der Waals surface area contributed by atoms with Crippen molar-refractivity contribution >= 4 is 36.0 Å². The third kappa shape index (κ3) is 10.3. The van der Waals surface area contributed by atoms with Gasteiger partial charge >= 0.3 is 6.09 Å². The van der Waals surface area contributed by atoms with Gasteiger partial charge in [-0.1, -0.05) is 36.4 Å². The summed E-state index contributed by atoms with van der Waals surface area (Å²) in [5, 5.41) is 2.99. The van der Waals surface area contributed by atoms with Crippen molar-refractivity contribution in [2.75, 3.05) is 13.6 Å². The Labute approximate surface area is 173 Å². The standard InChI is InChI=1S/C19H30N4O2.HI/c1-14(2)11-21-17(20)22-12-15-7-9-16(10-8-15)13-23(6)18(24)25-19(3,4)5;/h7-10H,1,11-13H2,2-6H3,(H3,20,21,22);1H. The van der Waals surface area contributed by atoms with Crippen LogP contribution in [0.3, 0.4) is 0 Å². The first-order chi connectivity index (χ1) is 11.6. The Morgan fingerprint density at radius 2 is 1.81 bits per heavy atom. The summed E-state index contributed by atoms with van der Waals surface area (Å²) >= 11 is 0. The van der Waals surface area contributed by atoms with Gasteiger partial charge in [-0.05, 0) is 38.8 Å². The number of carbonyl (C=O) groups is 1. The first kappa shape index (κ1) is 24.2. The van der Waals surface area contributed by atoms with E-state index in [-0.39, 0.29) is 30.1 Å². The molecule has 0 heterocycles. The van der Waals surface area contributed by atoms with Gasteiger partial charge in [-0.15, -0.1) is 24.0 Å². The van der Waals surface area contributed by atoms with Gasteiger partial charge in [0.15, 0.2) is 5.96 Å². The molecule has 0 spiro atoms. The van der Waals surface area contributed by atoms with Crippen LogP contribution in [0, 0.1) is 0 Å². The minimum atomic E-state index is -0.495. The summed E-state index contributed by atoms with van der Waals surface area (Å²) in [5.41, 5.74) is 8.36. The number of halogens is 1. The number of carbonyl (C=O) groups excluding carboxylic acids is 1. The van der Waals surface area contributed by atoms with Crippen LogP contribution in [-0.2, 0) is 17.8 Å². The van der Waals surface area contributed by atoms with Crippen LogP contribution in [-0.4, -0.2) is 36.1 Å². The van der Waals surface area contributed by atoms with E-state index in [1.54, 1.807) is 11.9 Å². The second-order valence-electron chi connectivity index (χ2n) is 7.17. The Balaban J connectivity index is 0.00000625. The van der Waals surface area contributed by atoms with Crippen molar-refractivity contribution in [2.24, 2.45) is 10.7 Å². The highest BCUT2D eigenvalue weighted by atomic mass is 127. The number of hydrogen-bond acceptors (Lipinski definition) is 3. The van der Waals surface area contributed by atoms with Crippen molar-refractivity contribution < 1.29 is 9.53 Å². The molecule has 0 aliphatic heterocycles. The van der Waals surface area contributed by atoms with E-state index in [0.29, 0.717) is 25.6 Å². The molecule has 0 saturated carbocycles. The fourth-order valence-corrected chi connectivity index (χ4v) is 1.90. The topological polar surface area (TPSA) is 80.0 Å². The molecule has 0 aliphatic rings. The second kappa shape index (κ2) is 11.1. The number of nitrogens with one attached hydrogen (secondary N) is 1. The zero-order valence-electron chi connectivity index (χ0n) is 16.3. The van der Waals surface area contributed by atoms with Crippen LogP contribution in [0.25, 0.3) is 0 Å². The molecule has 1 rings (SSSR count). The number of hydrogen-bond donors (Lipinski definition) is 2. The summed E-state index contributed by atoms with van der Waals surface area (Å²) in [6, 6.07) is 7.91. The van der Waals surface area contributed by atoms with Crippen LogP contribution >= 0.6 is 24.0 Å². The van der Waals surface area contributed by atoms with Crippen LogP contribution < -0.4 is 11.1 Å². The molecular formula is C19H31IN4O2. The highest BCUT2D eigenvalue weighted by Gasteiger charge is 2.19. The van der Waals surface area contributed by atoms with E-state index in [9.17, 15) is 4.79 Å². The maximum absolute atomic E-state index is 12.0. The number of ether oxygens (including phenoxy) is 1. The molecule has 0 aliphatic carbocycles. The van der Waals surface area contributed by atoms with Crippen molar-refractivity contribution in [3.63, 3.8) is 0 Å². The maximum atomic E-state index is 12.0. The van der Waals surface area contributed by atoms with Gasteiger partial charge in [0.05, 0.1) is 6.54 Å². The quantitative estimate of drug-likeness (QED) is 0.286. The van der Waals surface area contributed by atoms with Gasteiger partial charge in [0, 0.05) is 20.1 Å². The first-order valence-corrected chi connectivity index (χ1v) is 8.27. The lowest BCUT2D eigenvalue weighted by Crippen LogP contribution is -2.33. The molecule has 0 aromatic heterocycles. The van der Waals surface area contributed by atoms with E-state index >= 15 is 0 Å². The zero-order chi connectivity index (χ0) is 19.0. The molecule has 1 aromatic carbocycles. The second-order valence-corrected chi connectivity index (χ2v) is 7.17. The van der Waals surface area contributed by atoms with Crippen LogP contribution in [0.1, 0.15) is 38.8 Å². The molecule has 7 heteroatoms. The highest BCUT2D eigenvalue weighted by Crippen LogP contribution is 2.12. The Morgan fingerprint density at radius 1 is 1.27 bits per heavy atom. The normalized spacial score (nSPS) is 11.3. The Hall–Kier alpha value is -1.77. The molecule has 0 unspecified atom stereocenters. The van der Waals surface area contributed by atoms with Gasteiger partial charge in [-0.25, -0.2) is 9.79 Å². The fourth-order valence-electron chi connectivity index (χ4n) is 1.90. The van der Waals surface area contributed by atoms with Gasteiger partial charge < -0.3 is 20.7 Å². The summed E-state index contributed by atoms with van der Waals surface area (Å²) in [6.45, 7) is 12.9. The lowest BCUT2D eigenvalue weighted by molar-refractivity contribution is 0.0285. The number of rotatable bonds is 6. The third-order valence-corrected chi connectivity index (χ3v) is 3.15. The van der Waals surface area contributed by atoms with E-state index in [1.165, 1.54) is 0 Å². The van der Waals surface area contributed by atoms with Crippen molar-refractivity contribution in [1.29, 1.82) is 0 Å². The molecule has 0 fully saturated rings. The summed E-state index contributed by atoms with van der Waals surface area (Å²) < 4.78 is 5.34. The number of guanidine groups is 1. The molecule has 0 bridgehead atoms. The number of amides is 1. The Kier molecular flexibility index (Phi) is 10.3. The smallest absolute Gasteiger partial charge is 0.410 e. The van der Waals surface area contributed by atoms with Crippen molar-refractivity contribution in [3.8, 4) is 0 Å². The van der Waals surface area contributed by atoms with Gasteiger partial charge in [-0.2, -0.15) is 0 Å². The zero-order valence-corrected chi connectivity index (χ0v) is 18.7. The van der Waals surface area contributed by atoms with Gasteiger partial charge in [0.25, 0.3) is 0 Å². The molecule has 1 aromatic rings. The molecule has 3 N–H and O–H groups in total. The average Bonchev–Trinajstić information content (AvgIpc) is 2.50. The monoisotopic (exact) mass is 474 g/mol. The number of aliphatic imine (C=N–C) groups is 1. The number of nitrogens with zero attached hydrogens (tertiary/aromatic N) is 2. The first-order valence-electron chi connectivity index (χ1n) is 8.27. The minimum absolute atomic E-state index is 0. The lowest BCUT2D eigenvalue weighted by Gasteiger charge is -2.24. The van der Waals surface area contributed by atoms with E-state index in [0.717, 1.165) is 16.7 Å². The summed E-state index contributed by atoms with van der Waals surface area (Å²) in [4.78, 5) is 17.8.